The highest BCUT2D eigenvalue weighted by Crippen LogP contribution is 2.24. The molecule has 0 unspecified atom stereocenters. The van der Waals surface area contributed by atoms with Gasteiger partial charge in [0.25, 0.3) is 0 Å². The van der Waals surface area contributed by atoms with Gasteiger partial charge in [-0.05, 0) is 28.1 Å². The lowest BCUT2D eigenvalue weighted by molar-refractivity contribution is 0.288. The largest absolute Gasteiger partial charge is 0.484 e. The van der Waals surface area contributed by atoms with E-state index in [1.165, 1.54) is 6.33 Å². The monoisotopic (exact) mass is 267 g/mol. The number of hydrogen-bond acceptors (Lipinski definition) is 3. The molecule has 0 aliphatic heterocycles. The van der Waals surface area contributed by atoms with Gasteiger partial charge < -0.3 is 4.74 Å². The fraction of sp³-hybridized carbons (Fsp3) is 0.200. The van der Waals surface area contributed by atoms with E-state index < -0.39 is 0 Å². The van der Waals surface area contributed by atoms with E-state index in [1.54, 1.807) is 4.68 Å². The molecule has 4 nitrogen and oxygen atoms in total. The molecule has 0 spiro atoms. The van der Waals surface area contributed by atoms with Gasteiger partial charge in [-0.15, -0.1) is 0 Å². The first-order valence-electron chi connectivity index (χ1n) is 4.47. The van der Waals surface area contributed by atoms with Gasteiger partial charge in [0.05, 0.1) is 4.47 Å². The van der Waals surface area contributed by atoms with Crippen molar-refractivity contribution in [2.75, 3.05) is 0 Å². The summed E-state index contributed by atoms with van der Waals surface area (Å²) in [5.41, 5.74) is 0. The first kappa shape index (κ1) is 10.2. The standard InChI is InChI=1S/C10H10BrN3O/c1-14-10(12-7-13-14)6-15-9-5-3-2-4-8(9)11/h2-5,7H,6H2,1H3. The van der Waals surface area contributed by atoms with Gasteiger partial charge in [-0.2, -0.15) is 5.10 Å². The Labute approximate surface area is 96.0 Å². The van der Waals surface area contributed by atoms with Gasteiger partial charge >= 0.3 is 0 Å². The molecule has 1 heterocycles. The average Bonchev–Trinajstić information content (AvgIpc) is 2.63. The van der Waals surface area contributed by atoms with Crippen LogP contribution in [0.4, 0.5) is 0 Å². The van der Waals surface area contributed by atoms with Crippen molar-refractivity contribution in [1.82, 2.24) is 14.8 Å². The molecule has 0 bridgehead atoms. The van der Waals surface area contributed by atoms with Crippen LogP contribution < -0.4 is 4.74 Å². The predicted octanol–water partition coefficient (Wildman–Crippen LogP) is 2.16. The second-order valence-corrected chi connectivity index (χ2v) is 3.87. The predicted molar refractivity (Wildman–Crippen MR) is 59.5 cm³/mol. The third-order valence-electron chi connectivity index (χ3n) is 2.00. The first-order valence-corrected chi connectivity index (χ1v) is 5.27. The minimum absolute atomic E-state index is 0.416. The van der Waals surface area contributed by atoms with Gasteiger partial charge in [0.2, 0.25) is 0 Å². The van der Waals surface area contributed by atoms with E-state index in [2.05, 4.69) is 26.0 Å². The number of para-hydroxylation sites is 1. The Morgan fingerprint density at radius 1 is 1.40 bits per heavy atom. The number of aromatic nitrogens is 3. The quantitative estimate of drug-likeness (QED) is 0.856. The van der Waals surface area contributed by atoms with E-state index >= 15 is 0 Å². The van der Waals surface area contributed by atoms with Crippen LogP contribution in [0.5, 0.6) is 5.75 Å². The molecule has 15 heavy (non-hydrogen) atoms. The van der Waals surface area contributed by atoms with Gasteiger partial charge in [-0.3, -0.25) is 4.68 Å². The number of nitrogens with zero attached hydrogens (tertiary/aromatic N) is 3. The lowest BCUT2D eigenvalue weighted by Crippen LogP contribution is -2.04. The molecule has 0 atom stereocenters. The van der Waals surface area contributed by atoms with Crippen LogP contribution in [-0.4, -0.2) is 14.8 Å². The molecule has 1 aromatic carbocycles. The first-order chi connectivity index (χ1) is 7.27. The Morgan fingerprint density at radius 2 is 2.20 bits per heavy atom. The van der Waals surface area contributed by atoms with Crippen molar-refractivity contribution in [1.29, 1.82) is 0 Å². The van der Waals surface area contributed by atoms with E-state index in [0.29, 0.717) is 6.61 Å². The fourth-order valence-electron chi connectivity index (χ4n) is 1.15. The number of halogens is 1. The Kier molecular flexibility index (Phi) is 3.01. The summed E-state index contributed by atoms with van der Waals surface area (Å²) in [5.74, 6) is 1.60. The van der Waals surface area contributed by atoms with Crippen molar-refractivity contribution in [2.24, 2.45) is 7.05 Å². The molecule has 2 rings (SSSR count). The van der Waals surface area contributed by atoms with Gasteiger partial charge in [-0.25, -0.2) is 4.98 Å². The molecule has 2 aromatic rings. The van der Waals surface area contributed by atoms with Gasteiger partial charge in [0, 0.05) is 7.05 Å². The smallest absolute Gasteiger partial charge is 0.164 e. The third kappa shape index (κ3) is 2.36. The molecule has 0 radical (unpaired) electrons. The molecule has 1 aromatic heterocycles. The molecule has 0 amide bonds. The van der Waals surface area contributed by atoms with Crippen LogP contribution in [0.2, 0.25) is 0 Å². The number of benzene rings is 1. The lowest BCUT2D eigenvalue weighted by atomic mass is 10.3. The Morgan fingerprint density at radius 3 is 2.87 bits per heavy atom. The Bertz CT molecular complexity index is 455. The zero-order valence-corrected chi connectivity index (χ0v) is 9.81. The van der Waals surface area contributed by atoms with Crippen molar-refractivity contribution in [3.8, 4) is 5.75 Å². The highest BCUT2D eigenvalue weighted by molar-refractivity contribution is 9.10. The lowest BCUT2D eigenvalue weighted by Gasteiger charge is -2.06. The maximum absolute atomic E-state index is 5.59. The molecule has 5 heteroatoms. The second kappa shape index (κ2) is 4.44. The van der Waals surface area contributed by atoms with Crippen LogP contribution >= 0.6 is 15.9 Å². The van der Waals surface area contributed by atoms with Gasteiger partial charge in [0.15, 0.2) is 5.82 Å². The van der Waals surface area contributed by atoms with Crippen LogP contribution in [0.25, 0.3) is 0 Å². The van der Waals surface area contributed by atoms with E-state index in [-0.39, 0.29) is 0 Å². The number of ether oxygens (including phenoxy) is 1. The molecule has 0 saturated heterocycles. The second-order valence-electron chi connectivity index (χ2n) is 3.02. The van der Waals surface area contributed by atoms with E-state index in [0.717, 1.165) is 16.0 Å². The molecule has 0 aliphatic rings. The summed E-state index contributed by atoms with van der Waals surface area (Å²) < 4.78 is 8.22. The summed E-state index contributed by atoms with van der Waals surface area (Å²) in [7, 11) is 1.84. The minimum atomic E-state index is 0.416. The maximum atomic E-state index is 5.59. The van der Waals surface area contributed by atoms with Crippen molar-refractivity contribution in [3.63, 3.8) is 0 Å². The van der Waals surface area contributed by atoms with Crippen LogP contribution in [0.1, 0.15) is 5.82 Å². The fourth-order valence-corrected chi connectivity index (χ4v) is 1.55. The maximum Gasteiger partial charge on any atom is 0.164 e. The summed E-state index contributed by atoms with van der Waals surface area (Å²) in [6.45, 7) is 0.416. The van der Waals surface area contributed by atoms with E-state index in [4.69, 9.17) is 4.74 Å². The summed E-state index contributed by atoms with van der Waals surface area (Å²) in [6.07, 6.45) is 1.51. The van der Waals surface area contributed by atoms with Crippen molar-refractivity contribution < 1.29 is 4.74 Å². The molecule has 0 N–H and O–H groups in total. The van der Waals surface area contributed by atoms with Crippen molar-refractivity contribution in [2.45, 2.75) is 6.61 Å². The summed E-state index contributed by atoms with van der Waals surface area (Å²) in [4.78, 5) is 4.07. The Balaban J connectivity index is 2.06. The van der Waals surface area contributed by atoms with Gasteiger partial charge in [0.1, 0.15) is 18.7 Å². The highest BCUT2D eigenvalue weighted by Gasteiger charge is 2.03. The zero-order chi connectivity index (χ0) is 10.7. The van der Waals surface area contributed by atoms with Crippen molar-refractivity contribution >= 4 is 15.9 Å². The van der Waals surface area contributed by atoms with E-state index in [1.807, 2.05) is 31.3 Å². The van der Waals surface area contributed by atoms with E-state index in [9.17, 15) is 0 Å². The normalized spacial score (nSPS) is 10.3. The molecule has 78 valence electrons. The number of aryl methyl sites for hydroxylation is 1. The van der Waals surface area contributed by atoms with Crippen LogP contribution in [0.15, 0.2) is 35.1 Å². The highest BCUT2D eigenvalue weighted by atomic mass is 79.9. The summed E-state index contributed by atoms with van der Waals surface area (Å²) >= 11 is 3.41. The van der Waals surface area contributed by atoms with Crippen LogP contribution in [0.3, 0.4) is 0 Å². The molecule has 0 fully saturated rings. The topological polar surface area (TPSA) is 39.9 Å². The third-order valence-corrected chi connectivity index (χ3v) is 2.65. The van der Waals surface area contributed by atoms with Crippen molar-refractivity contribution in [3.05, 3.63) is 40.9 Å². The average molecular weight is 268 g/mol. The van der Waals surface area contributed by atoms with Crippen LogP contribution in [0, 0.1) is 0 Å². The molecule has 0 aliphatic carbocycles. The van der Waals surface area contributed by atoms with Crippen LogP contribution in [-0.2, 0) is 13.7 Å². The number of rotatable bonds is 3. The minimum Gasteiger partial charge on any atom is -0.484 e. The SMILES string of the molecule is Cn1ncnc1COc1ccccc1Br. The zero-order valence-electron chi connectivity index (χ0n) is 8.22. The Hall–Kier alpha value is -1.36. The number of hydrogen-bond donors (Lipinski definition) is 0. The molecular formula is C10H10BrN3O. The summed E-state index contributed by atoms with van der Waals surface area (Å²) in [6, 6.07) is 7.71. The molecular weight excluding hydrogens is 258 g/mol. The summed E-state index contributed by atoms with van der Waals surface area (Å²) in [5, 5.41) is 3.97. The van der Waals surface area contributed by atoms with Gasteiger partial charge in [-0.1, -0.05) is 12.1 Å². The molecule has 0 saturated carbocycles.